The maximum absolute atomic E-state index is 12.2. The van der Waals surface area contributed by atoms with Gasteiger partial charge in [-0.05, 0) is 35.9 Å². The van der Waals surface area contributed by atoms with E-state index in [4.69, 9.17) is 25.8 Å². The number of fused-ring (bicyclic) bond motifs is 1. The zero-order chi connectivity index (χ0) is 18.4. The van der Waals surface area contributed by atoms with E-state index in [1.165, 1.54) is 0 Å². The van der Waals surface area contributed by atoms with Gasteiger partial charge in [0.15, 0.2) is 11.5 Å². The van der Waals surface area contributed by atoms with E-state index in [1.54, 1.807) is 24.1 Å². The molecule has 0 aliphatic carbocycles. The predicted octanol–water partition coefficient (Wildman–Crippen LogP) is 3.33. The minimum Gasteiger partial charge on any atom is -0.492 e. The van der Waals surface area contributed by atoms with Crippen LogP contribution in [0.2, 0.25) is 5.02 Å². The Morgan fingerprint density at radius 2 is 2.00 bits per heavy atom. The van der Waals surface area contributed by atoms with Crippen LogP contribution in [0.4, 0.5) is 4.79 Å². The molecule has 2 aromatic rings. The molecule has 2 aromatic carbocycles. The van der Waals surface area contributed by atoms with Crippen molar-refractivity contribution >= 4 is 17.6 Å². The first-order valence-electron chi connectivity index (χ1n) is 8.38. The second kappa shape index (κ2) is 8.67. The number of urea groups is 1. The smallest absolute Gasteiger partial charge is 0.317 e. The number of hydrogen-bond donors (Lipinski definition) is 1. The normalized spacial score (nSPS) is 12.4. The number of hydrogen-bond acceptors (Lipinski definition) is 4. The summed E-state index contributed by atoms with van der Waals surface area (Å²) in [6.07, 6.45) is 0. The predicted molar refractivity (Wildman–Crippen MR) is 99.2 cm³/mol. The van der Waals surface area contributed by atoms with Gasteiger partial charge in [0, 0.05) is 18.6 Å². The number of benzene rings is 2. The van der Waals surface area contributed by atoms with Crippen molar-refractivity contribution in [2.75, 3.05) is 33.4 Å². The number of nitrogens with zero attached hydrogens (tertiary/aromatic N) is 1. The van der Waals surface area contributed by atoms with Crippen LogP contribution in [-0.4, -0.2) is 44.3 Å². The zero-order valence-electron chi connectivity index (χ0n) is 14.5. The highest BCUT2D eigenvalue weighted by Gasteiger charge is 2.13. The third-order valence-corrected chi connectivity index (χ3v) is 4.12. The fraction of sp³-hybridized carbons (Fsp3) is 0.316. The Hall–Kier alpha value is -2.60. The summed E-state index contributed by atoms with van der Waals surface area (Å²) >= 11 is 5.91. The molecule has 0 saturated heterocycles. The highest BCUT2D eigenvalue weighted by Crippen LogP contribution is 2.30. The fourth-order valence-electron chi connectivity index (χ4n) is 2.47. The molecule has 0 radical (unpaired) electrons. The molecule has 0 aromatic heterocycles. The molecule has 0 atom stereocenters. The quantitative estimate of drug-likeness (QED) is 0.840. The van der Waals surface area contributed by atoms with Gasteiger partial charge in [-0.1, -0.05) is 23.7 Å². The monoisotopic (exact) mass is 376 g/mol. The molecule has 1 aliphatic rings. The van der Waals surface area contributed by atoms with Crippen molar-refractivity contribution < 1.29 is 19.0 Å². The lowest BCUT2D eigenvalue weighted by atomic mass is 10.2. The molecule has 138 valence electrons. The van der Waals surface area contributed by atoms with Crippen molar-refractivity contribution in [3.63, 3.8) is 0 Å². The SMILES string of the molecule is CN(CCOc1cccc(Cl)c1)C(=O)NCc1ccc2c(c1)OCCO2. The molecular formula is C19H21ClN2O4. The lowest BCUT2D eigenvalue weighted by molar-refractivity contribution is 0.171. The molecule has 0 saturated carbocycles. The number of carbonyl (C=O) groups excluding carboxylic acids is 1. The third kappa shape index (κ3) is 4.95. The maximum Gasteiger partial charge on any atom is 0.317 e. The molecule has 0 unspecified atom stereocenters. The van der Waals surface area contributed by atoms with Crippen LogP contribution in [0.3, 0.4) is 0 Å². The molecule has 26 heavy (non-hydrogen) atoms. The van der Waals surface area contributed by atoms with Gasteiger partial charge in [-0.2, -0.15) is 0 Å². The highest BCUT2D eigenvalue weighted by molar-refractivity contribution is 6.30. The average Bonchev–Trinajstić information content (AvgIpc) is 2.66. The number of rotatable bonds is 6. The van der Waals surface area contributed by atoms with Crippen LogP contribution >= 0.6 is 11.6 Å². The van der Waals surface area contributed by atoms with E-state index in [0.717, 1.165) is 11.3 Å². The first kappa shape index (κ1) is 18.2. The van der Waals surface area contributed by atoms with Gasteiger partial charge >= 0.3 is 6.03 Å². The summed E-state index contributed by atoms with van der Waals surface area (Å²) in [4.78, 5) is 13.8. The van der Waals surface area contributed by atoms with Gasteiger partial charge in [-0.3, -0.25) is 0 Å². The lowest BCUT2D eigenvalue weighted by Crippen LogP contribution is -2.39. The number of ether oxygens (including phenoxy) is 3. The summed E-state index contributed by atoms with van der Waals surface area (Å²) in [6.45, 7) is 2.35. The van der Waals surface area contributed by atoms with Crippen LogP contribution in [0.5, 0.6) is 17.2 Å². The number of likely N-dealkylation sites (N-methyl/N-ethyl adjacent to an activating group) is 1. The van der Waals surface area contributed by atoms with Gasteiger partial charge in [0.25, 0.3) is 0 Å². The number of nitrogens with one attached hydrogen (secondary N) is 1. The lowest BCUT2D eigenvalue weighted by Gasteiger charge is -2.20. The fourth-order valence-corrected chi connectivity index (χ4v) is 2.65. The first-order chi connectivity index (χ1) is 12.6. The van der Waals surface area contributed by atoms with Crippen molar-refractivity contribution in [3.05, 3.63) is 53.1 Å². The summed E-state index contributed by atoms with van der Waals surface area (Å²) in [5, 5.41) is 3.50. The van der Waals surface area contributed by atoms with Gasteiger partial charge in [0.05, 0.1) is 6.54 Å². The molecular weight excluding hydrogens is 356 g/mol. The Kier molecular flexibility index (Phi) is 6.07. The van der Waals surface area contributed by atoms with Crippen molar-refractivity contribution in [1.29, 1.82) is 0 Å². The van der Waals surface area contributed by atoms with Gasteiger partial charge in [0.1, 0.15) is 25.6 Å². The van der Waals surface area contributed by atoms with E-state index in [2.05, 4.69) is 5.32 Å². The largest absolute Gasteiger partial charge is 0.492 e. The van der Waals surface area contributed by atoms with Crippen molar-refractivity contribution in [2.24, 2.45) is 0 Å². The molecule has 7 heteroatoms. The number of halogens is 1. The number of carbonyl (C=O) groups is 1. The van der Waals surface area contributed by atoms with E-state index in [1.807, 2.05) is 30.3 Å². The average molecular weight is 377 g/mol. The summed E-state index contributed by atoms with van der Waals surface area (Å²) in [7, 11) is 1.72. The molecule has 0 fully saturated rings. The van der Waals surface area contributed by atoms with Crippen LogP contribution in [-0.2, 0) is 6.54 Å². The number of amides is 2. The van der Waals surface area contributed by atoms with Crippen LogP contribution in [0.25, 0.3) is 0 Å². The molecule has 1 aliphatic heterocycles. The molecule has 0 bridgehead atoms. The van der Waals surface area contributed by atoms with Crippen LogP contribution < -0.4 is 19.5 Å². The molecule has 6 nitrogen and oxygen atoms in total. The zero-order valence-corrected chi connectivity index (χ0v) is 15.3. The summed E-state index contributed by atoms with van der Waals surface area (Å²) < 4.78 is 16.6. The molecule has 2 amide bonds. The van der Waals surface area contributed by atoms with Crippen molar-refractivity contribution in [3.8, 4) is 17.2 Å². The standard InChI is InChI=1S/C19H21ClN2O4/c1-22(7-8-24-16-4-2-3-15(20)12-16)19(23)21-13-14-5-6-17-18(11-14)26-10-9-25-17/h2-6,11-12H,7-10,13H2,1H3,(H,21,23). The first-order valence-corrected chi connectivity index (χ1v) is 8.75. The van der Waals surface area contributed by atoms with Crippen LogP contribution in [0.15, 0.2) is 42.5 Å². The molecule has 1 N–H and O–H groups in total. The van der Waals surface area contributed by atoms with Gasteiger partial charge < -0.3 is 24.4 Å². The van der Waals surface area contributed by atoms with Crippen LogP contribution in [0.1, 0.15) is 5.56 Å². The second-order valence-corrected chi connectivity index (χ2v) is 6.30. The van der Waals surface area contributed by atoms with E-state index < -0.39 is 0 Å². The molecule has 3 rings (SSSR count). The second-order valence-electron chi connectivity index (χ2n) is 5.86. The highest BCUT2D eigenvalue weighted by atomic mass is 35.5. The van der Waals surface area contributed by atoms with Gasteiger partial charge in [-0.15, -0.1) is 0 Å². The van der Waals surface area contributed by atoms with Gasteiger partial charge in [-0.25, -0.2) is 4.79 Å². The third-order valence-electron chi connectivity index (χ3n) is 3.89. The summed E-state index contributed by atoms with van der Waals surface area (Å²) in [6, 6.07) is 12.7. The topological polar surface area (TPSA) is 60.0 Å². The van der Waals surface area contributed by atoms with Crippen molar-refractivity contribution in [2.45, 2.75) is 6.54 Å². The Morgan fingerprint density at radius 1 is 1.19 bits per heavy atom. The van der Waals surface area contributed by atoms with Gasteiger partial charge in [0.2, 0.25) is 0 Å². The summed E-state index contributed by atoms with van der Waals surface area (Å²) in [5.41, 5.74) is 0.950. The van der Waals surface area contributed by atoms with Crippen LogP contribution in [0, 0.1) is 0 Å². The van der Waals surface area contributed by atoms with Crippen molar-refractivity contribution in [1.82, 2.24) is 10.2 Å². The molecule has 0 spiro atoms. The maximum atomic E-state index is 12.2. The minimum absolute atomic E-state index is 0.172. The van der Waals surface area contributed by atoms with E-state index in [-0.39, 0.29) is 6.03 Å². The molecule has 1 heterocycles. The Balaban J connectivity index is 1.42. The van der Waals surface area contributed by atoms with E-state index in [0.29, 0.717) is 49.4 Å². The van der Waals surface area contributed by atoms with E-state index in [9.17, 15) is 4.79 Å². The minimum atomic E-state index is -0.172. The van der Waals surface area contributed by atoms with E-state index >= 15 is 0 Å². The Morgan fingerprint density at radius 3 is 2.81 bits per heavy atom. The Labute approximate surface area is 157 Å². The summed E-state index contributed by atoms with van der Waals surface area (Å²) in [5.74, 6) is 2.13. The Bertz CT molecular complexity index is 769.